The first-order valence-corrected chi connectivity index (χ1v) is 13.1. The molecule has 0 saturated carbocycles. The molecule has 40 heavy (non-hydrogen) atoms. The van der Waals surface area contributed by atoms with Crippen molar-refractivity contribution in [2.75, 3.05) is 38.6 Å². The summed E-state index contributed by atoms with van der Waals surface area (Å²) in [6.07, 6.45) is 1.01. The van der Waals surface area contributed by atoms with Crippen molar-refractivity contribution in [2.45, 2.75) is 38.4 Å². The van der Waals surface area contributed by atoms with E-state index >= 15 is 4.39 Å². The molecule has 216 valence electrons. The number of fused-ring (bicyclic) bond motifs is 1. The summed E-state index contributed by atoms with van der Waals surface area (Å²) in [6, 6.07) is 6.57. The van der Waals surface area contributed by atoms with Crippen molar-refractivity contribution in [3.8, 4) is 5.75 Å². The molecule has 1 aromatic heterocycles. The minimum atomic E-state index is -1.44. The van der Waals surface area contributed by atoms with Crippen molar-refractivity contribution >= 4 is 22.5 Å². The minimum Gasteiger partial charge on any atom is -0.497 e. The SMILES string of the molecule is COc1ccc2ncc(CN)c(C(F)CCC3(C(=O)NO)CCN(CCNc4cc(F)cc(F)c4F)CC3)c2c1. The van der Waals surface area contributed by atoms with Crippen LogP contribution in [0.15, 0.2) is 36.5 Å². The quantitative estimate of drug-likeness (QED) is 0.117. The Balaban J connectivity index is 1.42. The fourth-order valence-corrected chi connectivity index (χ4v) is 5.39. The first kappa shape index (κ1) is 29.5. The number of nitrogens with one attached hydrogen (secondary N) is 2. The van der Waals surface area contributed by atoms with Crippen molar-refractivity contribution in [1.29, 1.82) is 0 Å². The van der Waals surface area contributed by atoms with Gasteiger partial charge in [-0.25, -0.2) is 23.0 Å². The maximum Gasteiger partial charge on any atom is 0.249 e. The topological polar surface area (TPSA) is 113 Å². The molecule has 1 fully saturated rings. The molecule has 2 aromatic carbocycles. The summed E-state index contributed by atoms with van der Waals surface area (Å²) in [5.41, 5.74) is 7.96. The first-order valence-electron chi connectivity index (χ1n) is 13.1. The monoisotopic (exact) mass is 563 g/mol. The largest absolute Gasteiger partial charge is 0.497 e. The number of aromatic nitrogens is 1. The molecule has 3 aromatic rings. The van der Waals surface area contributed by atoms with E-state index in [0.717, 1.165) is 6.07 Å². The van der Waals surface area contributed by atoms with Crippen LogP contribution >= 0.6 is 0 Å². The molecule has 0 spiro atoms. The first-order chi connectivity index (χ1) is 19.2. The number of anilines is 1. The Morgan fingerprint density at radius 3 is 2.65 bits per heavy atom. The number of hydroxylamine groups is 1. The zero-order chi connectivity index (χ0) is 28.9. The molecule has 1 aliphatic rings. The van der Waals surface area contributed by atoms with E-state index < -0.39 is 34.9 Å². The third-order valence-corrected chi connectivity index (χ3v) is 7.74. The molecule has 4 rings (SSSR count). The van der Waals surface area contributed by atoms with Crippen molar-refractivity contribution in [3.63, 3.8) is 0 Å². The van der Waals surface area contributed by atoms with E-state index in [1.807, 2.05) is 4.90 Å². The lowest BCUT2D eigenvalue weighted by atomic mass is 9.73. The molecule has 5 N–H and O–H groups in total. The number of carbonyl (C=O) groups excluding carboxylic acids is 1. The normalized spacial score (nSPS) is 16.1. The van der Waals surface area contributed by atoms with Crippen LogP contribution in [-0.4, -0.2) is 54.3 Å². The number of piperidine rings is 1. The highest BCUT2D eigenvalue weighted by Crippen LogP contribution is 2.41. The zero-order valence-electron chi connectivity index (χ0n) is 22.2. The summed E-state index contributed by atoms with van der Waals surface area (Å²) in [5.74, 6) is -3.33. The number of nitrogens with two attached hydrogens (primary N) is 1. The summed E-state index contributed by atoms with van der Waals surface area (Å²) in [5, 5.41) is 12.8. The summed E-state index contributed by atoms with van der Waals surface area (Å²) in [7, 11) is 1.52. The number of hydrogen-bond acceptors (Lipinski definition) is 7. The highest BCUT2D eigenvalue weighted by molar-refractivity contribution is 5.85. The van der Waals surface area contributed by atoms with Crippen LogP contribution in [-0.2, 0) is 11.3 Å². The molecule has 1 saturated heterocycles. The molecule has 1 atom stereocenters. The van der Waals surface area contributed by atoms with E-state index in [1.165, 1.54) is 7.11 Å². The van der Waals surface area contributed by atoms with E-state index in [-0.39, 0.29) is 31.6 Å². The predicted molar refractivity (Wildman–Crippen MR) is 142 cm³/mol. The van der Waals surface area contributed by atoms with Gasteiger partial charge in [0.2, 0.25) is 5.91 Å². The Hall–Kier alpha value is -3.48. The van der Waals surface area contributed by atoms with Gasteiger partial charge in [0.15, 0.2) is 11.6 Å². The second-order valence-corrected chi connectivity index (χ2v) is 10.0. The van der Waals surface area contributed by atoms with Crippen molar-refractivity contribution in [2.24, 2.45) is 11.1 Å². The van der Waals surface area contributed by atoms with Crippen LogP contribution in [0.2, 0.25) is 0 Å². The molecule has 0 radical (unpaired) electrons. The number of carbonyl (C=O) groups is 1. The second kappa shape index (κ2) is 12.8. The van der Waals surface area contributed by atoms with Gasteiger partial charge in [-0.2, -0.15) is 0 Å². The molecule has 0 aliphatic carbocycles. The average Bonchev–Trinajstić information content (AvgIpc) is 2.97. The molecular formula is C28H33F4N5O3. The number of alkyl halides is 1. The van der Waals surface area contributed by atoms with Gasteiger partial charge < -0.3 is 20.7 Å². The van der Waals surface area contributed by atoms with E-state index in [1.54, 1.807) is 29.9 Å². The molecular weight excluding hydrogens is 530 g/mol. The smallest absolute Gasteiger partial charge is 0.249 e. The van der Waals surface area contributed by atoms with E-state index in [4.69, 9.17) is 10.5 Å². The highest BCUT2D eigenvalue weighted by atomic mass is 19.2. The molecule has 1 amide bonds. The number of pyridine rings is 1. The van der Waals surface area contributed by atoms with E-state index in [2.05, 4.69) is 10.3 Å². The van der Waals surface area contributed by atoms with Gasteiger partial charge in [-0.3, -0.25) is 15.0 Å². The van der Waals surface area contributed by atoms with Gasteiger partial charge in [-0.1, -0.05) is 0 Å². The molecule has 1 aliphatic heterocycles. The Kier molecular flexibility index (Phi) is 9.44. The Morgan fingerprint density at radius 2 is 1.98 bits per heavy atom. The van der Waals surface area contributed by atoms with Gasteiger partial charge in [0, 0.05) is 48.9 Å². The van der Waals surface area contributed by atoms with Crippen molar-refractivity contribution in [3.05, 3.63) is 65.1 Å². The third kappa shape index (κ3) is 6.29. The molecule has 0 bridgehead atoms. The summed E-state index contributed by atoms with van der Waals surface area (Å²) in [6.45, 7) is 1.63. The van der Waals surface area contributed by atoms with E-state index in [0.29, 0.717) is 66.3 Å². The van der Waals surface area contributed by atoms with Crippen LogP contribution in [0, 0.1) is 22.9 Å². The van der Waals surface area contributed by atoms with E-state index in [9.17, 15) is 23.2 Å². The lowest BCUT2D eigenvalue weighted by Gasteiger charge is -2.40. The lowest BCUT2D eigenvalue weighted by Crippen LogP contribution is -2.49. The summed E-state index contributed by atoms with van der Waals surface area (Å²) in [4.78, 5) is 19.2. The van der Waals surface area contributed by atoms with Gasteiger partial charge >= 0.3 is 0 Å². The second-order valence-electron chi connectivity index (χ2n) is 10.0. The van der Waals surface area contributed by atoms with Crippen LogP contribution in [0.5, 0.6) is 5.75 Å². The summed E-state index contributed by atoms with van der Waals surface area (Å²) < 4.78 is 62.0. The number of likely N-dealkylation sites (tertiary alicyclic amines) is 1. The third-order valence-electron chi connectivity index (χ3n) is 7.74. The average molecular weight is 564 g/mol. The Morgan fingerprint density at radius 1 is 1.23 bits per heavy atom. The maximum absolute atomic E-state index is 15.9. The Labute approximate surface area is 229 Å². The highest BCUT2D eigenvalue weighted by Gasteiger charge is 2.41. The van der Waals surface area contributed by atoms with Crippen molar-refractivity contribution in [1.82, 2.24) is 15.4 Å². The van der Waals surface area contributed by atoms with Gasteiger partial charge in [-0.15, -0.1) is 0 Å². The van der Waals surface area contributed by atoms with Crippen LogP contribution in [0.3, 0.4) is 0 Å². The van der Waals surface area contributed by atoms with Gasteiger partial charge in [0.1, 0.15) is 17.7 Å². The van der Waals surface area contributed by atoms with Gasteiger partial charge in [0.25, 0.3) is 0 Å². The van der Waals surface area contributed by atoms with Crippen LogP contribution < -0.4 is 21.3 Å². The van der Waals surface area contributed by atoms with Gasteiger partial charge in [0.05, 0.1) is 23.7 Å². The molecule has 8 nitrogen and oxygen atoms in total. The van der Waals surface area contributed by atoms with Crippen LogP contribution in [0.1, 0.15) is 43.0 Å². The minimum absolute atomic E-state index is 0.0166. The number of rotatable bonds is 11. The lowest BCUT2D eigenvalue weighted by molar-refractivity contribution is -0.143. The number of nitrogens with zero attached hydrogens (tertiary/aromatic N) is 2. The number of methoxy groups -OCH3 is 1. The van der Waals surface area contributed by atoms with Crippen LogP contribution in [0.4, 0.5) is 23.2 Å². The zero-order valence-corrected chi connectivity index (χ0v) is 22.2. The van der Waals surface area contributed by atoms with Crippen LogP contribution in [0.25, 0.3) is 10.9 Å². The predicted octanol–water partition coefficient (Wildman–Crippen LogP) is 4.61. The molecule has 1 unspecified atom stereocenters. The molecule has 2 heterocycles. The number of benzene rings is 2. The van der Waals surface area contributed by atoms with Gasteiger partial charge in [-0.05, 0) is 62.5 Å². The summed E-state index contributed by atoms with van der Waals surface area (Å²) >= 11 is 0. The fourth-order valence-electron chi connectivity index (χ4n) is 5.39. The fraction of sp³-hybridized carbons (Fsp3) is 0.429. The maximum atomic E-state index is 15.9. The number of ether oxygens (including phenoxy) is 1. The molecule has 12 heteroatoms. The standard InChI is InChI=1S/C28H33F4N5O3/c1-40-19-2-3-23-20(14-19)25(17(15-33)16-35-23)21(30)4-5-28(27(38)36-39)6-9-37(10-7-28)11-8-34-24-13-18(29)12-22(31)26(24)32/h2-3,12-14,16,21,34,39H,4-11,15,33H2,1H3,(H,36,38). The number of amides is 1. The Bertz CT molecular complexity index is 1350. The number of halogens is 4. The van der Waals surface area contributed by atoms with Crippen molar-refractivity contribution < 1.29 is 32.3 Å². The number of hydrogen-bond donors (Lipinski definition) is 4.